The van der Waals surface area contributed by atoms with Gasteiger partial charge >= 0.3 is 0 Å². The molecular weight excluding hydrogens is 326 g/mol. The number of nitrogens with one attached hydrogen (secondary N) is 1. The number of hydrogen-bond acceptors (Lipinski definition) is 2. The molecule has 0 aliphatic heterocycles. The molecule has 0 atom stereocenters. The molecule has 0 unspecified atom stereocenters. The first-order chi connectivity index (χ1) is 8.90. The summed E-state index contributed by atoms with van der Waals surface area (Å²) in [7, 11) is -3.54. The molecule has 0 spiro atoms. The largest absolute Gasteiger partial charge is 0.279 e. The molecule has 1 N–H and O–H groups in total. The number of halogens is 1. The molecule has 19 heavy (non-hydrogen) atoms. The second-order valence-corrected chi connectivity index (χ2v) is 6.90. The van der Waals surface area contributed by atoms with Crippen LogP contribution in [0.4, 0.5) is 5.69 Å². The summed E-state index contributed by atoms with van der Waals surface area (Å²) in [6.45, 7) is 3.64. The molecule has 2 aromatic rings. The maximum Gasteiger partial charge on any atom is 0.262 e. The van der Waals surface area contributed by atoms with E-state index in [1.807, 2.05) is 25.1 Å². The van der Waals surface area contributed by atoms with Crippen LogP contribution in [0.2, 0.25) is 0 Å². The van der Waals surface area contributed by atoms with Crippen molar-refractivity contribution in [1.82, 2.24) is 0 Å². The van der Waals surface area contributed by atoms with Crippen LogP contribution < -0.4 is 4.72 Å². The van der Waals surface area contributed by atoms with Crippen LogP contribution in [0.1, 0.15) is 11.1 Å². The molecule has 0 aromatic heterocycles. The molecule has 5 heteroatoms. The molecule has 100 valence electrons. The highest BCUT2D eigenvalue weighted by Gasteiger charge is 2.17. The zero-order valence-electron chi connectivity index (χ0n) is 10.6. The summed E-state index contributed by atoms with van der Waals surface area (Å²) in [5.41, 5.74) is 2.18. The van der Waals surface area contributed by atoms with Crippen LogP contribution in [-0.4, -0.2) is 8.42 Å². The van der Waals surface area contributed by atoms with E-state index < -0.39 is 10.0 Å². The predicted octanol–water partition coefficient (Wildman–Crippen LogP) is 3.87. The average molecular weight is 340 g/mol. The molecule has 0 amide bonds. The van der Waals surface area contributed by atoms with Gasteiger partial charge in [0.2, 0.25) is 0 Å². The fourth-order valence-corrected chi connectivity index (χ4v) is 3.65. The lowest BCUT2D eigenvalue weighted by Crippen LogP contribution is -2.14. The Bertz CT molecular complexity index is 711. The van der Waals surface area contributed by atoms with Gasteiger partial charge in [0, 0.05) is 4.47 Å². The van der Waals surface area contributed by atoms with Crippen LogP contribution in [0.5, 0.6) is 0 Å². The van der Waals surface area contributed by atoms with E-state index in [-0.39, 0.29) is 0 Å². The van der Waals surface area contributed by atoms with Crippen molar-refractivity contribution in [2.24, 2.45) is 0 Å². The molecule has 0 bridgehead atoms. The smallest absolute Gasteiger partial charge is 0.262 e. The van der Waals surface area contributed by atoms with Crippen molar-refractivity contribution in [2.75, 3.05) is 4.72 Å². The van der Waals surface area contributed by atoms with E-state index in [4.69, 9.17) is 0 Å². The second-order valence-electron chi connectivity index (χ2n) is 4.33. The summed E-state index contributed by atoms with van der Waals surface area (Å²) in [4.78, 5) is 0.303. The Balaban J connectivity index is 2.40. The predicted molar refractivity (Wildman–Crippen MR) is 80.9 cm³/mol. The van der Waals surface area contributed by atoms with Gasteiger partial charge in [-0.3, -0.25) is 4.72 Å². The lowest BCUT2D eigenvalue weighted by Gasteiger charge is -2.12. The zero-order valence-corrected chi connectivity index (χ0v) is 13.0. The second kappa shape index (κ2) is 5.35. The van der Waals surface area contributed by atoms with Gasteiger partial charge in [0.25, 0.3) is 10.0 Å². The Morgan fingerprint density at radius 3 is 2.32 bits per heavy atom. The standard InChI is InChI=1S/C14H14BrNO2S/c1-10-5-3-4-6-14(10)19(17,18)16-13-8-7-12(15)9-11(13)2/h3-9,16H,1-2H3. The van der Waals surface area contributed by atoms with Crippen LogP contribution in [0.25, 0.3) is 0 Å². The molecular formula is C14H14BrNO2S. The van der Waals surface area contributed by atoms with Gasteiger partial charge in [0.15, 0.2) is 0 Å². The molecule has 0 aliphatic carbocycles. The zero-order chi connectivity index (χ0) is 14.0. The Kier molecular flexibility index (Phi) is 3.96. The SMILES string of the molecule is Cc1cc(Br)ccc1NS(=O)(=O)c1ccccc1C. The van der Waals surface area contributed by atoms with E-state index in [1.54, 1.807) is 31.2 Å². The Labute approximate surface area is 121 Å². The van der Waals surface area contributed by atoms with Crippen molar-refractivity contribution < 1.29 is 8.42 Å². The first kappa shape index (κ1) is 14.1. The monoisotopic (exact) mass is 339 g/mol. The van der Waals surface area contributed by atoms with Gasteiger partial charge < -0.3 is 0 Å². The molecule has 0 saturated carbocycles. The van der Waals surface area contributed by atoms with E-state index in [0.29, 0.717) is 10.6 Å². The van der Waals surface area contributed by atoms with Crippen LogP contribution in [0.15, 0.2) is 51.8 Å². The first-order valence-electron chi connectivity index (χ1n) is 5.75. The van der Waals surface area contributed by atoms with Crippen LogP contribution in [-0.2, 0) is 10.0 Å². The third kappa shape index (κ3) is 3.16. The fourth-order valence-electron chi connectivity index (χ4n) is 1.80. The first-order valence-corrected chi connectivity index (χ1v) is 8.02. The molecule has 2 aromatic carbocycles. The number of aryl methyl sites for hydroxylation is 2. The van der Waals surface area contributed by atoms with E-state index in [0.717, 1.165) is 15.6 Å². The Morgan fingerprint density at radius 1 is 1.00 bits per heavy atom. The number of sulfonamides is 1. The minimum Gasteiger partial charge on any atom is -0.279 e. The highest BCUT2D eigenvalue weighted by atomic mass is 79.9. The van der Waals surface area contributed by atoms with Gasteiger partial charge in [0.1, 0.15) is 0 Å². The molecule has 0 radical (unpaired) electrons. The highest BCUT2D eigenvalue weighted by molar-refractivity contribution is 9.10. The maximum absolute atomic E-state index is 12.3. The topological polar surface area (TPSA) is 46.2 Å². The van der Waals surface area contributed by atoms with Crippen molar-refractivity contribution in [3.05, 3.63) is 58.1 Å². The summed E-state index contributed by atoms with van der Waals surface area (Å²) in [6.07, 6.45) is 0. The molecule has 0 fully saturated rings. The van der Waals surface area contributed by atoms with Crippen molar-refractivity contribution in [2.45, 2.75) is 18.7 Å². The van der Waals surface area contributed by atoms with Gasteiger partial charge in [-0.1, -0.05) is 34.1 Å². The van der Waals surface area contributed by atoms with Crippen LogP contribution >= 0.6 is 15.9 Å². The van der Waals surface area contributed by atoms with Gasteiger partial charge in [-0.15, -0.1) is 0 Å². The summed E-state index contributed by atoms with van der Waals surface area (Å²) < 4.78 is 28.2. The quantitative estimate of drug-likeness (QED) is 0.922. The molecule has 0 heterocycles. The van der Waals surface area contributed by atoms with Crippen molar-refractivity contribution >= 4 is 31.6 Å². The van der Waals surface area contributed by atoms with Crippen molar-refractivity contribution in [3.63, 3.8) is 0 Å². The van der Waals surface area contributed by atoms with Gasteiger partial charge in [0.05, 0.1) is 10.6 Å². The minimum absolute atomic E-state index is 0.303. The summed E-state index contributed by atoms with van der Waals surface area (Å²) in [5.74, 6) is 0. The lowest BCUT2D eigenvalue weighted by atomic mass is 10.2. The molecule has 0 aliphatic rings. The average Bonchev–Trinajstić information content (AvgIpc) is 2.33. The Hall–Kier alpha value is -1.33. The van der Waals surface area contributed by atoms with Crippen LogP contribution in [0, 0.1) is 13.8 Å². The van der Waals surface area contributed by atoms with Gasteiger partial charge in [-0.2, -0.15) is 0 Å². The number of rotatable bonds is 3. The molecule has 2 rings (SSSR count). The van der Waals surface area contributed by atoms with E-state index >= 15 is 0 Å². The highest BCUT2D eigenvalue weighted by Crippen LogP contribution is 2.24. The third-order valence-corrected chi connectivity index (χ3v) is 4.83. The van der Waals surface area contributed by atoms with E-state index in [1.165, 1.54) is 0 Å². The number of benzene rings is 2. The normalized spacial score (nSPS) is 11.3. The molecule has 3 nitrogen and oxygen atoms in total. The van der Waals surface area contributed by atoms with Gasteiger partial charge in [-0.25, -0.2) is 8.42 Å². The van der Waals surface area contributed by atoms with Gasteiger partial charge in [-0.05, 0) is 49.2 Å². The lowest BCUT2D eigenvalue weighted by molar-refractivity contribution is 0.600. The van der Waals surface area contributed by atoms with Crippen molar-refractivity contribution in [3.8, 4) is 0 Å². The fraction of sp³-hybridized carbons (Fsp3) is 0.143. The Morgan fingerprint density at radius 2 is 1.68 bits per heavy atom. The number of anilines is 1. The number of hydrogen-bond donors (Lipinski definition) is 1. The maximum atomic E-state index is 12.3. The minimum atomic E-state index is -3.54. The van der Waals surface area contributed by atoms with E-state index in [9.17, 15) is 8.42 Å². The molecule has 0 saturated heterocycles. The summed E-state index contributed by atoms with van der Waals surface area (Å²) in [5, 5.41) is 0. The summed E-state index contributed by atoms with van der Waals surface area (Å²) in [6, 6.07) is 12.3. The third-order valence-electron chi connectivity index (χ3n) is 2.82. The van der Waals surface area contributed by atoms with Crippen molar-refractivity contribution in [1.29, 1.82) is 0 Å². The summed E-state index contributed by atoms with van der Waals surface area (Å²) >= 11 is 3.36. The van der Waals surface area contributed by atoms with Crippen LogP contribution in [0.3, 0.4) is 0 Å². The van der Waals surface area contributed by atoms with E-state index in [2.05, 4.69) is 20.7 Å².